The van der Waals surface area contributed by atoms with E-state index in [1.165, 1.54) is 22.2 Å². The van der Waals surface area contributed by atoms with Gasteiger partial charge in [0.25, 0.3) is 10.0 Å². The Kier molecular flexibility index (Phi) is 4.39. The molecule has 0 saturated heterocycles. The number of hydrogen-bond acceptors (Lipinski definition) is 3. The summed E-state index contributed by atoms with van der Waals surface area (Å²) in [6.45, 7) is 0.190. The molecule has 5 nitrogen and oxygen atoms in total. The lowest BCUT2D eigenvalue weighted by molar-refractivity contribution is 0.464. The number of nitrogens with zero attached hydrogens (tertiary/aromatic N) is 3. The van der Waals surface area contributed by atoms with Crippen molar-refractivity contribution >= 4 is 33.2 Å². The maximum absolute atomic E-state index is 12.4. The van der Waals surface area contributed by atoms with Crippen molar-refractivity contribution < 1.29 is 8.42 Å². The first-order chi connectivity index (χ1) is 9.32. The highest BCUT2D eigenvalue weighted by Crippen LogP contribution is 2.23. The van der Waals surface area contributed by atoms with Gasteiger partial charge in [0, 0.05) is 25.7 Å². The van der Waals surface area contributed by atoms with Crippen LogP contribution in [-0.4, -0.2) is 29.3 Å². The van der Waals surface area contributed by atoms with E-state index in [1.54, 1.807) is 31.3 Å². The number of imidazole rings is 1. The van der Waals surface area contributed by atoms with Gasteiger partial charge in [-0.2, -0.15) is 4.31 Å². The molecule has 1 aromatic heterocycles. The molecule has 2 rings (SSSR count). The Balaban J connectivity index is 2.28. The minimum absolute atomic E-state index is 0.0861. The number of rotatable bonds is 4. The number of sulfonamides is 1. The van der Waals surface area contributed by atoms with Crippen LogP contribution in [0, 0.1) is 0 Å². The SMILES string of the molecule is CN(Cc1cccc(Cl)c1)S(=O)(=O)c1ncn(C)c1Cl. The van der Waals surface area contributed by atoms with Gasteiger partial charge in [0.2, 0.25) is 5.03 Å². The van der Waals surface area contributed by atoms with Crippen molar-refractivity contribution in [1.82, 2.24) is 13.9 Å². The fourth-order valence-electron chi connectivity index (χ4n) is 1.69. The van der Waals surface area contributed by atoms with Crippen molar-refractivity contribution in [3.8, 4) is 0 Å². The molecule has 2 aromatic rings. The van der Waals surface area contributed by atoms with Crippen LogP contribution in [0.3, 0.4) is 0 Å². The summed E-state index contributed by atoms with van der Waals surface area (Å²) in [5.74, 6) is 0. The van der Waals surface area contributed by atoms with Gasteiger partial charge in [-0.05, 0) is 17.7 Å². The normalized spacial score (nSPS) is 12.1. The molecule has 0 fully saturated rings. The van der Waals surface area contributed by atoms with E-state index in [0.29, 0.717) is 5.02 Å². The number of hydrogen-bond donors (Lipinski definition) is 0. The summed E-state index contributed by atoms with van der Waals surface area (Å²) >= 11 is 11.8. The van der Waals surface area contributed by atoms with Crippen molar-refractivity contribution in [2.75, 3.05) is 7.05 Å². The van der Waals surface area contributed by atoms with Crippen LogP contribution in [0.25, 0.3) is 0 Å². The Hall–Kier alpha value is -1.08. The minimum Gasteiger partial charge on any atom is -0.324 e. The Bertz CT molecular complexity index is 728. The third-order valence-corrected chi connectivity index (χ3v) is 5.31. The first kappa shape index (κ1) is 15.3. The zero-order valence-electron chi connectivity index (χ0n) is 10.9. The van der Waals surface area contributed by atoms with E-state index in [-0.39, 0.29) is 16.7 Å². The fraction of sp³-hybridized carbons (Fsp3) is 0.250. The molecular formula is C12H13Cl2N3O2S. The van der Waals surface area contributed by atoms with Crippen LogP contribution in [0.15, 0.2) is 35.6 Å². The molecule has 0 aliphatic heterocycles. The number of aromatic nitrogens is 2. The molecular weight excluding hydrogens is 321 g/mol. The highest BCUT2D eigenvalue weighted by atomic mass is 35.5. The molecule has 0 radical (unpaired) electrons. The summed E-state index contributed by atoms with van der Waals surface area (Å²) in [4.78, 5) is 3.84. The second-order valence-corrected chi connectivity index (χ2v) is 7.10. The monoisotopic (exact) mass is 333 g/mol. The van der Waals surface area contributed by atoms with Crippen LogP contribution in [0.5, 0.6) is 0 Å². The van der Waals surface area contributed by atoms with Crippen LogP contribution in [0.2, 0.25) is 10.2 Å². The molecule has 8 heteroatoms. The summed E-state index contributed by atoms with van der Waals surface area (Å²) < 4.78 is 27.4. The molecule has 108 valence electrons. The van der Waals surface area contributed by atoms with Crippen molar-refractivity contribution in [3.05, 3.63) is 46.3 Å². The molecule has 0 N–H and O–H groups in total. The highest BCUT2D eigenvalue weighted by molar-refractivity contribution is 7.89. The average Bonchev–Trinajstić information content (AvgIpc) is 2.70. The number of aryl methyl sites for hydroxylation is 1. The van der Waals surface area contributed by atoms with Gasteiger partial charge in [0.1, 0.15) is 5.15 Å². The maximum atomic E-state index is 12.4. The molecule has 0 saturated carbocycles. The van der Waals surface area contributed by atoms with Crippen LogP contribution >= 0.6 is 23.2 Å². The molecule has 1 heterocycles. The maximum Gasteiger partial charge on any atom is 0.263 e. The summed E-state index contributed by atoms with van der Waals surface area (Å²) in [5, 5.41) is 0.498. The van der Waals surface area contributed by atoms with E-state index < -0.39 is 10.0 Å². The first-order valence-electron chi connectivity index (χ1n) is 5.70. The van der Waals surface area contributed by atoms with Gasteiger partial charge < -0.3 is 4.57 Å². The summed E-state index contributed by atoms with van der Waals surface area (Å²) in [6, 6.07) is 7.02. The van der Waals surface area contributed by atoms with Crippen LogP contribution < -0.4 is 0 Å². The molecule has 20 heavy (non-hydrogen) atoms. The summed E-state index contributed by atoms with van der Waals surface area (Å²) in [5.41, 5.74) is 0.788. The van der Waals surface area contributed by atoms with Gasteiger partial charge in [-0.15, -0.1) is 0 Å². The Morgan fingerprint density at radius 1 is 1.35 bits per heavy atom. The lowest BCUT2D eigenvalue weighted by Gasteiger charge is -2.16. The van der Waals surface area contributed by atoms with Gasteiger partial charge in [-0.3, -0.25) is 0 Å². The molecule has 1 aromatic carbocycles. The van der Waals surface area contributed by atoms with E-state index in [2.05, 4.69) is 4.98 Å². The predicted octanol–water partition coefficient (Wildman–Crippen LogP) is 2.55. The van der Waals surface area contributed by atoms with E-state index in [4.69, 9.17) is 23.2 Å². The second kappa shape index (κ2) is 5.73. The van der Waals surface area contributed by atoms with E-state index in [0.717, 1.165) is 5.56 Å². The fourth-order valence-corrected chi connectivity index (χ4v) is 3.44. The molecule has 0 atom stereocenters. The lowest BCUT2D eigenvalue weighted by atomic mass is 10.2. The molecule has 0 unspecified atom stereocenters. The van der Waals surface area contributed by atoms with Gasteiger partial charge in [0.15, 0.2) is 0 Å². The standard InChI is InChI=1S/C12H13Cl2N3O2S/c1-16-8-15-12(11(16)14)20(18,19)17(2)7-9-4-3-5-10(13)6-9/h3-6,8H,7H2,1-2H3. The van der Waals surface area contributed by atoms with Crippen LogP contribution in [0.1, 0.15) is 5.56 Å². The Labute approximate surface area is 127 Å². The van der Waals surface area contributed by atoms with E-state index in [1.807, 2.05) is 0 Å². The molecule has 0 aliphatic carbocycles. The van der Waals surface area contributed by atoms with Crippen LogP contribution in [0.4, 0.5) is 0 Å². The zero-order valence-corrected chi connectivity index (χ0v) is 13.2. The van der Waals surface area contributed by atoms with Crippen molar-refractivity contribution in [3.63, 3.8) is 0 Å². The zero-order chi connectivity index (χ0) is 14.9. The number of halogens is 2. The minimum atomic E-state index is -3.73. The van der Waals surface area contributed by atoms with E-state index in [9.17, 15) is 8.42 Å². The average molecular weight is 334 g/mol. The van der Waals surface area contributed by atoms with Gasteiger partial charge in [-0.25, -0.2) is 13.4 Å². The van der Waals surface area contributed by atoms with Gasteiger partial charge in [0.05, 0.1) is 6.33 Å². The third-order valence-electron chi connectivity index (χ3n) is 2.78. The van der Waals surface area contributed by atoms with Gasteiger partial charge >= 0.3 is 0 Å². The highest BCUT2D eigenvalue weighted by Gasteiger charge is 2.27. The largest absolute Gasteiger partial charge is 0.324 e. The van der Waals surface area contributed by atoms with E-state index >= 15 is 0 Å². The predicted molar refractivity (Wildman–Crippen MR) is 78.3 cm³/mol. The molecule has 0 amide bonds. The molecule has 0 aliphatic rings. The lowest BCUT2D eigenvalue weighted by Crippen LogP contribution is -2.27. The van der Waals surface area contributed by atoms with Crippen molar-refractivity contribution in [1.29, 1.82) is 0 Å². The molecule has 0 spiro atoms. The smallest absolute Gasteiger partial charge is 0.263 e. The first-order valence-corrected chi connectivity index (χ1v) is 7.89. The second-order valence-electron chi connectivity index (χ2n) is 4.34. The van der Waals surface area contributed by atoms with Crippen LogP contribution in [-0.2, 0) is 23.6 Å². The molecule has 0 bridgehead atoms. The Morgan fingerprint density at radius 3 is 2.60 bits per heavy atom. The van der Waals surface area contributed by atoms with Gasteiger partial charge in [-0.1, -0.05) is 35.3 Å². The van der Waals surface area contributed by atoms with Crippen molar-refractivity contribution in [2.45, 2.75) is 11.6 Å². The third kappa shape index (κ3) is 2.98. The summed E-state index contributed by atoms with van der Waals surface area (Å²) in [6.07, 6.45) is 1.36. The summed E-state index contributed by atoms with van der Waals surface area (Å²) in [7, 11) is -0.630. The van der Waals surface area contributed by atoms with Crippen molar-refractivity contribution in [2.24, 2.45) is 7.05 Å². The number of benzene rings is 1. The quantitative estimate of drug-likeness (QED) is 0.863. The topological polar surface area (TPSA) is 55.2 Å². The Morgan fingerprint density at radius 2 is 2.05 bits per heavy atom.